The molecule has 3 aromatic rings. The van der Waals surface area contributed by atoms with Crippen LogP contribution < -0.4 is 15.5 Å². The minimum atomic E-state index is -0.662. The standard InChI is InChI=1S/C28H33N7O3/c29-26-24(12-23(32-33-26)22-3-1-2-4-25(22)36)34-15-20-9-10-21(16-34)35(20)28-30-13-18(14-31-28)11-17-5-7-19(8-6-17)27(37)38/h1-4,12-14,17,19-21,36H,5-11,15-16H2,(H2,29,33)(H,37,38)/t17-,19-,20?,21?. The van der Waals surface area contributed by atoms with E-state index in [1.807, 2.05) is 30.6 Å². The van der Waals surface area contributed by atoms with E-state index in [-0.39, 0.29) is 23.8 Å². The van der Waals surface area contributed by atoms with E-state index in [9.17, 15) is 15.0 Å². The van der Waals surface area contributed by atoms with Crippen LogP contribution in [0.3, 0.4) is 0 Å². The summed E-state index contributed by atoms with van der Waals surface area (Å²) in [6.07, 6.45) is 10.3. The highest BCUT2D eigenvalue weighted by Crippen LogP contribution is 2.38. The van der Waals surface area contributed by atoms with Gasteiger partial charge in [-0.2, -0.15) is 0 Å². The number of nitrogens with two attached hydrogens (primary N) is 1. The molecular formula is C28H33N7O3. The number of carboxylic acids is 1. The van der Waals surface area contributed by atoms with Gasteiger partial charge in [-0.15, -0.1) is 10.2 Å². The number of hydrogen-bond donors (Lipinski definition) is 3. The Morgan fingerprint density at radius 2 is 1.66 bits per heavy atom. The molecule has 0 spiro atoms. The Kier molecular flexibility index (Phi) is 6.47. The average Bonchev–Trinajstić information content (AvgIpc) is 3.19. The van der Waals surface area contributed by atoms with Crippen LogP contribution in [0.1, 0.15) is 44.1 Å². The fourth-order valence-electron chi connectivity index (χ4n) is 6.43. The highest BCUT2D eigenvalue weighted by Gasteiger charge is 2.42. The lowest BCUT2D eigenvalue weighted by Gasteiger charge is -2.42. The first kappa shape index (κ1) is 24.4. The van der Waals surface area contributed by atoms with Crippen LogP contribution in [0.5, 0.6) is 5.75 Å². The number of nitrogens with zero attached hydrogens (tertiary/aromatic N) is 6. The summed E-state index contributed by atoms with van der Waals surface area (Å²) in [5.41, 5.74) is 9.44. The number of fused-ring (bicyclic) bond motifs is 2. The van der Waals surface area contributed by atoms with Crippen LogP contribution in [0.25, 0.3) is 11.3 Å². The maximum absolute atomic E-state index is 11.2. The number of hydrogen-bond acceptors (Lipinski definition) is 9. The number of carboxylic acid groups (broad SMARTS) is 1. The molecule has 2 bridgehead atoms. The van der Waals surface area contributed by atoms with Gasteiger partial charge in [0.05, 0.1) is 17.3 Å². The summed E-state index contributed by atoms with van der Waals surface area (Å²) in [5.74, 6) is 0.970. The van der Waals surface area contributed by atoms with E-state index in [2.05, 4.69) is 20.0 Å². The first-order chi connectivity index (χ1) is 18.5. The number of phenols is 1. The fourth-order valence-corrected chi connectivity index (χ4v) is 6.43. The Morgan fingerprint density at radius 3 is 2.32 bits per heavy atom. The lowest BCUT2D eigenvalue weighted by Crippen LogP contribution is -2.54. The number of aliphatic carboxylic acids is 1. The molecule has 38 heavy (non-hydrogen) atoms. The number of anilines is 3. The van der Waals surface area contributed by atoms with Gasteiger partial charge >= 0.3 is 5.97 Å². The van der Waals surface area contributed by atoms with Crippen LogP contribution in [0.15, 0.2) is 42.7 Å². The summed E-state index contributed by atoms with van der Waals surface area (Å²) in [6, 6.07) is 9.56. The van der Waals surface area contributed by atoms with Crippen molar-refractivity contribution in [1.29, 1.82) is 0 Å². The lowest BCUT2D eigenvalue weighted by molar-refractivity contribution is -0.143. The van der Waals surface area contributed by atoms with Crippen molar-refractivity contribution in [3.05, 3.63) is 48.3 Å². The average molecular weight is 516 g/mol. The third-order valence-corrected chi connectivity index (χ3v) is 8.45. The third kappa shape index (κ3) is 4.70. The number of phenolic OH excluding ortho intramolecular Hbond substituents is 1. The molecule has 10 nitrogen and oxygen atoms in total. The number of para-hydroxylation sites is 1. The number of piperazine rings is 1. The molecule has 6 rings (SSSR count). The second-order valence-corrected chi connectivity index (χ2v) is 10.9. The molecule has 3 aliphatic rings. The van der Waals surface area contributed by atoms with Crippen molar-refractivity contribution in [1.82, 2.24) is 20.2 Å². The first-order valence-corrected chi connectivity index (χ1v) is 13.4. The fraction of sp³-hybridized carbons (Fsp3) is 0.464. The molecule has 4 heterocycles. The van der Waals surface area contributed by atoms with Crippen LogP contribution in [0.4, 0.5) is 17.5 Å². The SMILES string of the molecule is Nc1nnc(-c2ccccc2O)cc1N1CC2CCC(C1)N2c1ncc(C[C@H]2CC[C@H](C(=O)O)CC2)cn1. The number of aromatic hydroxyl groups is 1. The maximum Gasteiger partial charge on any atom is 0.306 e. The third-order valence-electron chi connectivity index (χ3n) is 8.45. The van der Waals surface area contributed by atoms with Crippen LogP contribution in [0, 0.1) is 11.8 Å². The highest BCUT2D eigenvalue weighted by molar-refractivity contribution is 5.74. The highest BCUT2D eigenvalue weighted by atomic mass is 16.4. The Labute approximate surface area is 221 Å². The zero-order valence-electron chi connectivity index (χ0n) is 21.3. The molecule has 0 radical (unpaired) electrons. The van der Waals surface area contributed by atoms with Crippen molar-refractivity contribution < 1.29 is 15.0 Å². The molecule has 1 aromatic carbocycles. The molecule has 0 amide bonds. The smallest absolute Gasteiger partial charge is 0.306 e. The summed E-state index contributed by atoms with van der Waals surface area (Å²) in [5, 5.41) is 27.9. The van der Waals surface area contributed by atoms with Crippen LogP contribution in [0.2, 0.25) is 0 Å². The second-order valence-electron chi connectivity index (χ2n) is 10.9. The van der Waals surface area contributed by atoms with E-state index < -0.39 is 5.97 Å². The molecule has 1 aliphatic carbocycles. The van der Waals surface area contributed by atoms with Gasteiger partial charge in [0.15, 0.2) is 5.82 Å². The Balaban J connectivity index is 1.13. The van der Waals surface area contributed by atoms with Crippen molar-refractivity contribution in [2.45, 2.75) is 57.0 Å². The van der Waals surface area contributed by atoms with E-state index in [0.29, 0.717) is 23.0 Å². The number of aromatic nitrogens is 4. The van der Waals surface area contributed by atoms with Crippen LogP contribution >= 0.6 is 0 Å². The number of benzene rings is 1. The number of rotatable bonds is 6. The summed E-state index contributed by atoms with van der Waals surface area (Å²) < 4.78 is 0. The maximum atomic E-state index is 11.2. The van der Waals surface area contributed by atoms with Crippen molar-refractivity contribution in [2.24, 2.45) is 11.8 Å². The van der Waals surface area contributed by atoms with E-state index in [1.165, 1.54) is 0 Å². The van der Waals surface area contributed by atoms with E-state index in [0.717, 1.165) is 75.2 Å². The predicted octanol–water partition coefficient (Wildman–Crippen LogP) is 3.51. The van der Waals surface area contributed by atoms with Gasteiger partial charge in [0.1, 0.15) is 5.75 Å². The van der Waals surface area contributed by atoms with E-state index in [4.69, 9.17) is 15.7 Å². The van der Waals surface area contributed by atoms with Gasteiger partial charge in [-0.1, -0.05) is 12.1 Å². The molecule has 10 heteroatoms. The summed E-state index contributed by atoms with van der Waals surface area (Å²) in [4.78, 5) is 25.4. The minimum Gasteiger partial charge on any atom is -0.507 e. The van der Waals surface area contributed by atoms with Crippen molar-refractivity contribution >= 4 is 23.4 Å². The van der Waals surface area contributed by atoms with Gasteiger partial charge in [-0.05, 0) is 74.6 Å². The van der Waals surface area contributed by atoms with Crippen molar-refractivity contribution in [3.63, 3.8) is 0 Å². The zero-order chi connectivity index (χ0) is 26.2. The van der Waals surface area contributed by atoms with Gasteiger partial charge in [-0.3, -0.25) is 4.79 Å². The molecule has 2 aliphatic heterocycles. The number of nitrogen functional groups attached to an aromatic ring is 1. The zero-order valence-corrected chi connectivity index (χ0v) is 21.3. The van der Waals surface area contributed by atoms with E-state index >= 15 is 0 Å². The Bertz CT molecular complexity index is 1300. The van der Waals surface area contributed by atoms with Gasteiger partial charge in [0.2, 0.25) is 5.95 Å². The Morgan fingerprint density at radius 1 is 0.974 bits per heavy atom. The first-order valence-electron chi connectivity index (χ1n) is 13.4. The molecule has 2 unspecified atom stereocenters. The molecule has 2 aromatic heterocycles. The molecule has 4 N–H and O–H groups in total. The van der Waals surface area contributed by atoms with Gasteiger partial charge in [0.25, 0.3) is 0 Å². The quantitative estimate of drug-likeness (QED) is 0.446. The monoisotopic (exact) mass is 515 g/mol. The summed E-state index contributed by atoms with van der Waals surface area (Å²) in [7, 11) is 0. The molecule has 2 saturated heterocycles. The van der Waals surface area contributed by atoms with Crippen molar-refractivity contribution in [2.75, 3.05) is 28.6 Å². The predicted molar refractivity (Wildman–Crippen MR) is 144 cm³/mol. The number of carbonyl (C=O) groups is 1. The van der Waals surface area contributed by atoms with Crippen LogP contribution in [-0.4, -0.2) is 61.5 Å². The Hall–Kier alpha value is -3.95. The van der Waals surface area contributed by atoms with Gasteiger partial charge in [-0.25, -0.2) is 9.97 Å². The summed E-state index contributed by atoms with van der Waals surface area (Å²) >= 11 is 0. The molecule has 1 saturated carbocycles. The topological polar surface area (TPSA) is 142 Å². The van der Waals surface area contributed by atoms with Gasteiger partial charge in [0, 0.05) is 43.1 Å². The lowest BCUT2D eigenvalue weighted by atomic mass is 9.79. The summed E-state index contributed by atoms with van der Waals surface area (Å²) in [6.45, 7) is 1.56. The van der Waals surface area contributed by atoms with Crippen molar-refractivity contribution in [3.8, 4) is 17.0 Å². The molecule has 3 fully saturated rings. The molecular weight excluding hydrogens is 482 g/mol. The van der Waals surface area contributed by atoms with Crippen LogP contribution in [-0.2, 0) is 11.2 Å². The minimum absolute atomic E-state index is 0.163. The molecule has 198 valence electrons. The molecule has 2 atom stereocenters. The largest absolute Gasteiger partial charge is 0.507 e. The normalized spacial score (nSPS) is 24.9. The van der Waals surface area contributed by atoms with E-state index in [1.54, 1.807) is 12.1 Å². The van der Waals surface area contributed by atoms with Gasteiger partial charge < -0.3 is 25.7 Å². The second kappa shape index (κ2) is 10.1.